The second-order valence-electron chi connectivity index (χ2n) is 9.50. The standard InChI is InChI=1S/C26H28N6O3S/c1-16-15-36-23(28-16)19-10-7-11-32(19)24(34)18-12-20(31(3)21(33)13-18)22-29-30-25(35-22)26(2,27)14-17-8-5-4-6-9-17/h4-6,8-9,12-13,15,19H,7,10-11,14,27H2,1-3H3. The first-order chi connectivity index (χ1) is 17.2. The number of carbonyl (C=O) groups is 1. The molecule has 2 unspecified atom stereocenters. The molecule has 0 aliphatic carbocycles. The van der Waals surface area contributed by atoms with Crippen molar-refractivity contribution < 1.29 is 9.21 Å². The largest absolute Gasteiger partial charge is 0.417 e. The van der Waals surface area contributed by atoms with E-state index in [4.69, 9.17) is 10.2 Å². The molecule has 10 heteroatoms. The van der Waals surface area contributed by atoms with Gasteiger partial charge in [0.15, 0.2) is 0 Å². The Morgan fingerprint density at radius 3 is 2.75 bits per heavy atom. The smallest absolute Gasteiger partial charge is 0.264 e. The fourth-order valence-electron chi connectivity index (χ4n) is 4.57. The van der Waals surface area contributed by atoms with Gasteiger partial charge in [0, 0.05) is 36.3 Å². The number of rotatable bonds is 6. The number of benzene rings is 1. The van der Waals surface area contributed by atoms with Crippen LogP contribution in [-0.4, -0.2) is 37.1 Å². The Balaban J connectivity index is 1.44. The molecule has 9 nitrogen and oxygen atoms in total. The lowest BCUT2D eigenvalue weighted by Gasteiger charge is -2.23. The number of aromatic nitrogens is 4. The summed E-state index contributed by atoms with van der Waals surface area (Å²) in [6.07, 6.45) is 2.23. The summed E-state index contributed by atoms with van der Waals surface area (Å²) in [7, 11) is 1.61. The summed E-state index contributed by atoms with van der Waals surface area (Å²) in [5.41, 5.74) is 7.91. The molecular formula is C26H28N6O3S. The molecule has 2 N–H and O–H groups in total. The second-order valence-corrected chi connectivity index (χ2v) is 10.4. The highest BCUT2D eigenvalue weighted by molar-refractivity contribution is 7.09. The zero-order valence-electron chi connectivity index (χ0n) is 20.5. The number of thiazole rings is 1. The molecule has 3 aromatic heterocycles. The Hall–Kier alpha value is -3.63. The summed E-state index contributed by atoms with van der Waals surface area (Å²) < 4.78 is 7.35. The lowest BCUT2D eigenvalue weighted by Crippen LogP contribution is -2.35. The van der Waals surface area contributed by atoms with Gasteiger partial charge in [-0.05, 0) is 44.7 Å². The zero-order valence-corrected chi connectivity index (χ0v) is 21.3. The topological polar surface area (TPSA) is 120 Å². The summed E-state index contributed by atoms with van der Waals surface area (Å²) in [5, 5.41) is 11.3. The first-order valence-corrected chi connectivity index (χ1v) is 12.7. The number of aryl methyl sites for hydroxylation is 1. The minimum absolute atomic E-state index is 0.0883. The monoisotopic (exact) mass is 504 g/mol. The maximum Gasteiger partial charge on any atom is 0.264 e. The molecule has 1 saturated heterocycles. The van der Waals surface area contributed by atoms with Gasteiger partial charge in [0.1, 0.15) is 10.7 Å². The van der Waals surface area contributed by atoms with Crippen molar-refractivity contribution in [3.8, 4) is 11.6 Å². The quantitative estimate of drug-likeness (QED) is 0.426. The van der Waals surface area contributed by atoms with Crippen LogP contribution in [0.1, 0.15) is 58.3 Å². The molecule has 1 aromatic carbocycles. The predicted molar refractivity (Wildman–Crippen MR) is 137 cm³/mol. The third-order valence-electron chi connectivity index (χ3n) is 6.49. The van der Waals surface area contributed by atoms with E-state index in [1.54, 1.807) is 29.4 Å². The maximum absolute atomic E-state index is 13.5. The van der Waals surface area contributed by atoms with Crippen LogP contribution in [0, 0.1) is 6.92 Å². The van der Waals surface area contributed by atoms with Gasteiger partial charge in [0.05, 0.1) is 11.6 Å². The van der Waals surface area contributed by atoms with E-state index in [-0.39, 0.29) is 34.9 Å². The van der Waals surface area contributed by atoms with Crippen molar-refractivity contribution >= 4 is 17.2 Å². The summed E-state index contributed by atoms with van der Waals surface area (Å²) >= 11 is 1.56. The van der Waals surface area contributed by atoms with Crippen LogP contribution in [0.3, 0.4) is 0 Å². The van der Waals surface area contributed by atoms with Crippen LogP contribution in [0.5, 0.6) is 0 Å². The van der Waals surface area contributed by atoms with Gasteiger partial charge < -0.3 is 19.6 Å². The Bertz CT molecular complexity index is 1460. The molecule has 1 aliphatic heterocycles. The van der Waals surface area contributed by atoms with E-state index < -0.39 is 5.54 Å². The molecule has 1 aliphatic rings. The van der Waals surface area contributed by atoms with E-state index in [0.717, 1.165) is 29.1 Å². The number of carbonyl (C=O) groups excluding carboxylic acids is 1. The van der Waals surface area contributed by atoms with Crippen molar-refractivity contribution in [3.05, 3.63) is 85.9 Å². The first kappa shape index (κ1) is 24.1. The van der Waals surface area contributed by atoms with Crippen LogP contribution in [0.15, 0.2) is 57.1 Å². The second kappa shape index (κ2) is 9.44. The number of hydrogen-bond acceptors (Lipinski definition) is 8. The average Bonchev–Trinajstić information content (AvgIpc) is 3.61. The Labute approximate surface area is 212 Å². The van der Waals surface area contributed by atoms with Crippen molar-refractivity contribution in [1.29, 1.82) is 0 Å². The molecule has 5 rings (SSSR count). The minimum atomic E-state index is -0.909. The first-order valence-electron chi connectivity index (χ1n) is 11.8. The van der Waals surface area contributed by atoms with Gasteiger partial charge in [-0.25, -0.2) is 4.98 Å². The number of likely N-dealkylation sites (tertiary alicyclic amines) is 1. The van der Waals surface area contributed by atoms with E-state index in [0.29, 0.717) is 18.7 Å². The van der Waals surface area contributed by atoms with Gasteiger partial charge in [0.25, 0.3) is 17.4 Å². The molecule has 1 fully saturated rings. The summed E-state index contributed by atoms with van der Waals surface area (Å²) in [5.74, 6) is 0.179. The molecule has 186 valence electrons. The van der Waals surface area contributed by atoms with Crippen molar-refractivity contribution in [3.63, 3.8) is 0 Å². The van der Waals surface area contributed by atoms with Crippen LogP contribution in [0.2, 0.25) is 0 Å². The van der Waals surface area contributed by atoms with Gasteiger partial charge in [-0.2, -0.15) is 0 Å². The lowest BCUT2D eigenvalue weighted by molar-refractivity contribution is 0.0735. The Kier molecular flexibility index (Phi) is 6.31. The van der Waals surface area contributed by atoms with Crippen molar-refractivity contribution in [2.75, 3.05) is 6.54 Å². The summed E-state index contributed by atoms with van der Waals surface area (Å²) in [6, 6.07) is 12.7. The number of nitrogens with zero attached hydrogens (tertiary/aromatic N) is 5. The van der Waals surface area contributed by atoms with Crippen LogP contribution >= 0.6 is 11.3 Å². The van der Waals surface area contributed by atoms with Crippen molar-refractivity contribution in [2.24, 2.45) is 12.8 Å². The Morgan fingerprint density at radius 2 is 2.03 bits per heavy atom. The maximum atomic E-state index is 13.5. The molecule has 0 spiro atoms. The van der Waals surface area contributed by atoms with E-state index in [1.165, 1.54) is 10.6 Å². The fourth-order valence-corrected chi connectivity index (χ4v) is 5.52. The third-order valence-corrected chi connectivity index (χ3v) is 7.56. The molecule has 0 bridgehead atoms. The predicted octanol–water partition coefficient (Wildman–Crippen LogP) is 3.59. The Morgan fingerprint density at radius 1 is 1.25 bits per heavy atom. The molecule has 2 atom stereocenters. The van der Waals surface area contributed by atoms with Gasteiger partial charge in [-0.1, -0.05) is 30.3 Å². The normalized spacial score (nSPS) is 17.3. The molecule has 4 aromatic rings. The SMILES string of the molecule is Cc1csc(C2CCCN2C(=O)c2cc(-c3nnc(C(C)(N)Cc4ccccc4)o3)n(C)c(=O)c2)n1. The molecule has 4 heterocycles. The zero-order chi connectivity index (χ0) is 25.4. The van der Waals surface area contributed by atoms with Crippen LogP contribution in [0.4, 0.5) is 0 Å². The van der Waals surface area contributed by atoms with E-state index >= 15 is 0 Å². The lowest BCUT2D eigenvalue weighted by atomic mass is 9.94. The number of nitrogens with two attached hydrogens (primary N) is 1. The summed E-state index contributed by atoms with van der Waals surface area (Å²) in [4.78, 5) is 32.7. The number of pyridine rings is 1. The van der Waals surface area contributed by atoms with E-state index in [2.05, 4.69) is 15.2 Å². The molecule has 1 amide bonds. The highest BCUT2D eigenvalue weighted by Gasteiger charge is 2.34. The highest BCUT2D eigenvalue weighted by Crippen LogP contribution is 2.35. The summed E-state index contributed by atoms with van der Waals surface area (Å²) in [6.45, 7) is 4.38. The van der Waals surface area contributed by atoms with Crippen molar-refractivity contribution in [1.82, 2.24) is 24.6 Å². The minimum Gasteiger partial charge on any atom is -0.417 e. The van der Waals surface area contributed by atoms with Gasteiger partial charge in [-0.15, -0.1) is 21.5 Å². The van der Waals surface area contributed by atoms with E-state index in [1.807, 2.05) is 49.6 Å². The van der Waals surface area contributed by atoms with E-state index in [9.17, 15) is 9.59 Å². The molecule has 0 saturated carbocycles. The van der Waals surface area contributed by atoms with Crippen LogP contribution in [-0.2, 0) is 19.0 Å². The van der Waals surface area contributed by atoms with Crippen molar-refractivity contribution in [2.45, 2.75) is 44.7 Å². The van der Waals surface area contributed by atoms with Gasteiger partial charge in [-0.3, -0.25) is 9.59 Å². The van der Waals surface area contributed by atoms with Crippen LogP contribution < -0.4 is 11.3 Å². The highest BCUT2D eigenvalue weighted by atomic mass is 32.1. The van der Waals surface area contributed by atoms with Gasteiger partial charge in [0.2, 0.25) is 5.89 Å². The average molecular weight is 505 g/mol. The van der Waals surface area contributed by atoms with Crippen LogP contribution in [0.25, 0.3) is 11.6 Å². The number of amides is 1. The molecule has 36 heavy (non-hydrogen) atoms. The molecule has 0 radical (unpaired) electrons. The third kappa shape index (κ3) is 4.61. The van der Waals surface area contributed by atoms with Gasteiger partial charge >= 0.3 is 0 Å². The number of hydrogen-bond donors (Lipinski definition) is 1. The molecular weight excluding hydrogens is 476 g/mol. The fraction of sp³-hybridized carbons (Fsp3) is 0.346.